The largest absolute Gasteiger partial charge is 0.444 e. The van der Waals surface area contributed by atoms with Gasteiger partial charge in [0.15, 0.2) is 0 Å². The van der Waals surface area contributed by atoms with E-state index in [1.807, 2.05) is 57.4 Å². The Hall–Kier alpha value is -1.49. The van der Waals surface area contributed by atoms with Gasteiger partial charge in [0.1, 0.15) is 11.6 Å². The number of thioether (sulfide) groups is 1. The second kappa shape index (κ2) is 6.52. The number of carbonyl (C=O) groups excluding carboxylic acids is 1. The zero-order chi connectivity index (χ0) is 15.5. The van der Waals surface area contributed by atoms with Gasteiger partial charge in [-0.1, -0.05) is 30.3 Å². The van der Waals surface area contributed by atoms with Gasteiger partial charge in [-0.05, 0) is 32.6 Å². The predicted molar refractivity (Wildman–Crippen MR) is 87.9 cm³/mol. The standard InChI is InChI=1S/C16H22N2O2S/c1-16(2,3)20-15(19)18-11-10-17-14(21-4)13(18)12-8-6-5-7-9-12/h5-9,13H,10-11H2,1-4H3. The first-order valence-corrected chi connectivity index (χ1v) is 8.28. The highest BCUT2D eigenvalue weighted by atomic mass is 32.2. The minimum atomic E-state index is -0.494. The van der Waals surface area contributed by atoms with E-state index >= 15 is 0 Å². The van der Waals surface area contributed by atoms with Gasteiger partial charge in [0, 0.05) is 6.54 Å². The van der Waals surface area contributed by atoms with Crippen LogP contribution < -0.4 is 0 Å². The average Bonchev–Trinajstić information content (AvgIpc) is 2.45. The van der Waals surface area contributed by atoms with E-state index in [-0.39, 0.29) is 12.1 Å². The van der Waals surface area contributed by atoms with Gasteiger partial charge < -0.3 is 4.74 Å². The normalized spacial score (nSPS) is 19.1. The van der Waals surface area contributed by atoms with Crippen LogP contribution in [-0.2, 0) is 4.74 Å². The molecule has 2 rings (SSSR count). The van der Waals surface area contributed by atoms with E-state index in [2.05, 4.69) is 4.99 Å². The summed E-state index contributed by atoms with van der Waals surface area (Å²) >= 11 is 1.59. The van der Waals surface area contributed by atoms with E-state index in [9.17, 15) is 4.79 Å². The molecular weight excluding hydrogens is 284 g/mol. The van der Waals surface area contributed by atoms with E-state index in [4.69, 9.17) is 4.74 Å². The number of ether oxygens (including phenoxy) is 1. The molecule has 1 aliphatic heterocycles. The zero-order valence-corrected chi connectivity index (χ0v) is 13.8. The first kappa shape index (κ1) is 15.9. The fraction of sp³-hybridized carbons (Fsp3) is 0.500. The summed E-state index contributed by atoms with van der Waals surface area (Å²) in [4.78, 5) is 18.8. The molecular formula is C16H22N2O2S. The molecule has 1 amide bonds. The maximum Gasteiger partial charge on any atom is 0.411 e. The number of hydrogen-bond acceptors (Lipinski definition) is 4. The number of amides is 1. The third-order valence-electron chi connectivity index (χ3n) is 3.11. The van der Waals surface area contributed by atoms with Gasteiger partial charge in [-0.2, -0.15) is 0 Å². The molecule has 1 unspecified atom stereocenters. The van der Waals surface area contributed by atoms with Crippen molar-refractivity contribution in [3.05, 3.63) is 35.9 Å². The molecule has 1 aromatic carbocycles. The molecule has 0 fully saturated rings. The fourth-order valence-electron chi connectivity index (χ4n) is 2.27. The molecule has 1 heterocycles. The van der Waals surface area contributed by atoms with Crippen LogP contribution in [0.2, 0.25) is 0 Å². The van der Waals surface area contributed by atoms with Crippen molar-refractivity contribution in [3.8, 4) is 0 Å². The molecule has 4 nitrogen and oxygen atoms in total. The molecule has 0 saturated heterocycles. The lowest BCUT2D eigenvalue weighted by molar-refractivity contribution is 0.0210. The molecule has 0 radical (unpaired) electrons. The van der Waals surface area contributed by atoms with Crippen LogP contribution in [0, 0.1) is 0 Å². The molecule has 5 heteroatoms. The quantitative estimate of drug-likeness (QED) is 0.793. The van der Waals surface area contributed by atoms with Crippen LogP contribution in [0.3, 0.4) is 0 Å². The van der Waals surface area contributed by atoms with Crippen molar-refractivity contribution in [3.63, 3.8) is 0 Å². The SMILES string of the molecule is CSC1=NCCN(C(=O)OC(C)(C)C)C1c1ccccc1. The van der Waals surface area contributed by atoms with Gasteiger partial charge in [-0.3, -0.25) is 9.89 Å². The van der Waals surface area contributed by atoms with E-state index in [0.717, 1.165) is 10.6 Å². The van der Waals surface area contributed by atoms with E-state index in [0.29, 0.717) is 13.1 Å². The Labute approximate surface area is 130 Å². The van der Waals surface area contributed by atoms with Gasteiger partial charge in [-0.15, -0.1) is 11.8 Å². The summed E-state index contributed by atoms with van der Waals surface area (Å²) in [6.07, 6.45) is 1.71. The lowest BCUT2D eigenvalue weighted by Crippen LogP contribution is -2.45. The maximum atomic E-state index is 12.5. The highest BCUT2D eigenvalue weighted by Crippen LogP contribution is 2.30. The van der Waals surface area contributed by atoms with Crippen LogP contribution >= 0.6 is 11.8 Å². The van der Waals surface area contributed by atoms with Crippen molar-refractivity contribution in [2.24, 2.45) is 4.99 Å². The van der Waals surface area contributed by atoms with E-state index in [1.54, 1.807) is 16.7 Å². The molecule has 0 aliphatic carbocycles. The lowest BCUT2D eigenvalue weighted by Gasteiger charge is -2.36. The number of carbonyl (C=O) groups is 1. The van der Waals surface area contributed by atoms with Crippen molar-refractivity contribution >= 4 is 22.9 Å². The summed E-state index contributed by atoms with van der Waals surface area (Å²) in [5.74, 6) is 0. The number of rotatable bonds is 1. The van der Waals surface area contributed by atoms with Gasteiger partial charge in [0.2, 0.25) is 0 Å². The first-order valence-electron chi connectivity index (χ1n) is 7.05. The van der Waals surface area contributed by atoms with Crippen LogP contribution in [-0.4, -0.2) is 41.0 Å². The first-order chi connectivity index (χ1) is 9.92. The topological polar surface area (TPSA) is 41.9 Å². The van der Waals surface area contributed by atoms with Crippen LogP contribution in [0.25, 0.3) is 0 Å². The summed E-state index contributed by atoms with van der Waals surface area (Å²) in [5, 5.41) is 0.957. The van der Waals surface area contributed by atoms with E-state index in [1.165, 1.54) is 0 Å². The lowest BCUT2D eigenvalue weighted by atomic mass is 10.1. The highest BCUT2D eigenvalue weighted by molar-refractivity contribution is 8.13. The van der Waals surface area contributed by atoms with Crippen molar-refractivity contribution in [1.82, 2.24) is 4.90 Å². The van der Waals surface area contributed by atoms with Crippen molar-refractivity contribution in [2.45, 2.75) is 32.4 Å². The van der Waals surface area contributed by atoms with E-state index < -0.39 is 5.60 Å². The van der Waals surface area contributed by atoms with Gasteiger partial charge >= 0.3 is 6.09 Å². The molecule has 0 N–H and O–H groups in total. The second-order valence-electron chi connectivity index (χ2n) is 5.91. The van der Waals surface area contributed by atoms with Crippen LogP contribution in [0.15, 0.2) is 35.3 Å². The molecule has 0 aromatic heterocycles. The Balaban J connectivity index is 2.31. The number of nitrogens with zero attached hydrogens (tertiary/aromatic N) is 2. The highest BCUT2D eigenvalue weighted by Gasteiger charge is 2.34. The minimum absolute atomic E-state index is 0.148. The molecule has 1 aliphatic rings. The summed E-state index contributed by atoms with van der Waals surface area (Å²) < 4.78 is 5.54. The molecule has 0 saturated carbocycles. The Morgan fingerprint density at radius 1 is 1.33 bits per heavy atom. The molecule has 21 heavy (non-hydrogen) atoms. The van der Waals surface area contributed by atoms with Crippen LogP contribution in [0.5, 0.6) is 0 Å². The van der Waals surface area contributed by atoms with Gasteiger partial charge in [0.25, 0.3) is 0 Å². The summed E-state index contributed by atoms with van der Waals surface area (Å²) in [5.41, 5.74) is 0.572. The third-order valence-corrected chi connectivity index (χ3v) is 3.88. The predicted octanol–water partition coefficient (Wildman–Crippen LogP) is 3.74. The molecule has 1 aromatic rings. The number of aliphatic imine (C=N–C) groups is 1. The second-order valence-corrected chi connectivity index (χ2v) is 6.74. The van der Waals surface area contributed by atoms with Crippen molar-refractivity contribution in [1.29, 1.82) is 0 Å². The monoisotopic (exact) mass is 306 g/mol. The van der Waals surface area contributed by atoms with Crippen LogP contribution in [0.4, 0.5) is 4.79 Å². The number of hydrogen-bond donors (Lipinski definition) is 0. The Morgan fingerprint density at radius 2 is 2.00 bits per heavy atom. The summed E-state index contributed by atoms with van der Waals surface area (Å²) in [6.45, 7) is 6.86. The maximum absolute atomic E-state index is 12.5. The number of benzene rings is 1. The smallest absolute Gasteiger partial charge is 0.411 e. The fourth-order valence-corrected chi connectivity index (χ4v) is 2.98. The Bertz CT molecular complexity index is 523. The minimum Gasteiger partial charge on any atom is -0.444 e. The third kappa shape index (κ3) is 4.00. The molecule has 114 valence electrons. The van der Waals surface area contributed by atoms with Crippen LogP contribution in [0.1, 0.15) is 32.4 Å². The zero-order valence-electron chi connectivity index (χ0n) is 13.0. The average molecular weight is 306 g/mol. The molecule has 1 atom stereocenters. The Kier molecular flexibility index (Phi) is 4.93. The molecule has 0 bridgehead atoms. The Morgan fingerprint density at radius 3 is 2.57 bits per heavy atom. The van der Waals surface area contributed by atoms with Gasteiger partial charge in [-0.25, -0.2) is 4.79 Å². The summed E-state index contributed by atoms with van der Waals surface area (Å²) in [7, 11) is 0. The summed E-state index contributed by atoms with van der Waals surface area (Å²) in [6, 6.07) is 9.84. The van der Waals surface area contributed by atoms with Crippen molar-refractivity contribution < 1.29 is 9.53 Å². The van der Waals surface area contributed by atoms with Crippen molar-refractivity contribution in [2.75, 3.05) is 19.3 Å². The molecule has 0 spiro atoms. The van der Waals surface area contributed by atoms with Gasteiger partial charge in [0.05, 0.1) is 11.6 Å².